The standard InChI is InChI=1S/C25H30N4O5/c1-4-34-25(33)29-14-12-28(13-15-29)24(32)20-10-5-6-11-21(20)27-23(31)18-8-7-9-19(16-18)26-22(30)17(2)3/h5-11,16-17H,4,12-15H2,1-3H3,(H,26,30)(H,27,31). The summed E-state index contributed by atoms with van der Waals surface area (Å²) in [4.78, 5) is 53.2. The molecule has 34 heavy (non-hydrogen) atoms. The van der Waals surface area contributed by atoms with Crippen LogP contribution in [0.4, 0.5) is 16.2 Å². The van der Waals surface area contributed by atoms with Gasteiger partial charge in [-0.25, -0.2) is 4.79 Å². The molecular weight excluding hydrogens is 436 g/mol. The highest BCUT2D eigenvalue weighted by molar-refractivity contribution is 6.09. The topological polar surface area (TPSA) is 108 Å². The zero-order valence-electron chi connectivity index (χ0n) is 19.7. The van der Waals surface area contributed by atoms with Crippen LogP contribution in [0.25, 0.3) is 0 Å². The Morgan fingerprint density at radius 2 is 1.59 bits per heavy atom. The van der Waals surface area contributed by atoms with Crippen LogP contribution in [0.15, 0.2) is 48.5 Å². The fourth-order valence-corrected chi connectivity index (χ4v) is 3.48. The molecule has 2 aromatic rings. The number of para-hydroxylation sites is 1. The molecule has 1 heterocycles. The van der Waals surface area contributed by atoms with Crippen molar-refractivity contribution in [2.75, 3.05) is 43.4 Å². The van der Waals surface area contributed by atoms with Gasteiger partial charge in [-0.2, -0.15) is 0 Å². The number of carbonyl (C=O) groups is 4. The lowest BCUT2D eigenvalue weighted by Gasteiger charge is -2.34. The first-order valence-corrected chi connectivity index (χ1v) is 11.3. The van der Waals surface area contributed by atoms with E-state index in [1.54, 1.807) is 79.1 Å². The van der Waals surface area contributed by atoms with Gasteiger partial charge in [0.25, 0.3) is 11.8 Å². The summed E-state index contributed by atoms with van der Waals surface area (Å²) in [6.45, 7) is 7.14. The van der Waals surface area contributed by atoms with Gasteiger partial charge in [-0.1, -0.05) is 32.0 Å². The minimum Gasteiger partial charge on any atom is -0.450 e. The Labute approximate surface area is 199 Å². The van der Waals surface area contributed by atoms with E-state index < -0.39 is 5.91 Å². The van der Waals surface area contributed by atoms with Crippen molar-refractivity contribution in [3.8, 4) is 0 Å². The van der Waals surface area contributed by atoms with Gasteiger partial charge in [-0.15, -0.1) is 0 Å². The minimum atomic E-state index is -0.395. The number of nitrogens with one attached hydrogen (secondary N) is 2. The summed E-state index contributed by atoms with van der Waals surface area (Å²) in [7, 11) is 0. The summed E-state index contributed by atoms with van der Waals surface area (Å²) in [6.07, 6.45) is -0.380. The number of piperazine rings is 1. The fourth-order valence-electron chi connectivity index (χ4n) is 3.48. The van der Waals surface area contributed by atoms with E-state index >= 15 is 0 Å². The first-order chi connectivity index (χ1) is 16.3. The molecule has 0 atom stereocenters. The van der Waals surface area contributed by atoms with Gasteiger partial charge in [0.05, 0.1) is 17.9 Å². The number of carbonyl (C=O) groups excluding carboxylic acids is 4. The summed E-state index contributed by atoms with van der Waals surface area (Å²) in [6, 6.07) is 13.4. The van der Waals surface area contributed by atoms with Crippen LogP contribution in [0.5, 0.6) is 0 Å². The maximum Gasteiger partial charge on any atom is 0.409 e. The first kappa shape index (κ1) is 24.8. The zero-order chi connectivity index (χ0) is 24.7. The maximum atomic E-state index is 13.2. The zero-order valence-corrected chi connectivity index (χ0v) is 19.7. The highest BCUT2D eigenvalue weighted by Gasteiger charge is 2.27. The summed E-state index contributed by atoms with van der Waals surface area (Å²) in [5.74, 6) is -0.948. The second-order valence-corrected chi connectivity index (χ2v) is 8.20. The van der Waals surface area contributed by atoms with Crippen LogP contribution in [-0.4, -0.2) is 66.4 Å². The third-order valence-electron chi connectivity index (χ3n) is 5.42. The molecule has 1 saturated heterocycles. The Morgan fingerprint density at radius 1 is 0.912 bits per heavy atom. The molecule has 0 saturated carbocycles. The van der Waals surface area contributed by atoms with Gasteiger partial charge in [0.1, 0.15) is 0 Å². The van der Waals surface area contributed by atoms with Crippen molar-refractivity contribution >= 4 is 35.2 Å². The monoisotopic (exact) mass is 466 g/mol. The minimum absolute atomic E-state index is 0.142. The van der Waals surface area contributed by atoms with Crippen molar-refractivity contribution < 1.29 is 23.9 Å². The van der Waals surface area contributed by atoms with E-state index in [9.17, 15) is 19.2 Å². The number of anilines is 2. The molecule has 0 spiro atoms. The van der Waals surface area contributed by atoms with Crippen LogP contribution < -0.4 is 10.6 Å². The van der Waals surface area contributed by atoms with E-state index in [4.69, 9.17) is 4.74 Å². The van der Waals surface area contributed by atoms with Gasteiger partial charge < -0.3 is 25.2 Å². The van der Waals surface area contributed by atoms with E-state index in [0.29, 0.717) is 55.3 Å². The number of rotatable bonds is 6. The predicted octanol–water partition coefficient (Wildman–Crippen LogP) is 3.45. The molecule has 0 bridgehead atoms. The number of hydrogen-bond acceptors (Lipinski definition) is 5. The molecule has 1 aliphatic heterocycles. The molecule has 0 aromatic heterocycles. The first-order valence-electron chi connectivity index (χ1n) is 11.3. The van der Waals surface area contributed by atoms with Gasteiger partial charge in [-0.3, -0.25) is 14.4 Å². The third kappa shape index (κ3) is 6.12. The second kappa shape index (κ2) is 11.3. The number of nitrogens with zero attached hydrogens (tertiary/aromatic N) is 2. The Morgan fingerprint density at radius 3 is 2.26 bits per heavy atom. The molecule has 0 radical (unpaired) electrons. The van der Waals surface area contributed by atoms with E-state index in [-0.39, 0.29) is 23.8 Å². The Balaban J connectivity index is 1.69. The average molecular weight is 467 g/mol. The van der Waals surface area contributed by atoms with E-state index in [1.807, 2.05) is 0 Å². The van der Waals surface area contributed by atoms with Gasteiger partial charge in [0.2, 0.25) is 5.91 Å². The fraction of sp³-hybridized carbons (Fsp3) is 0.360. The van der Waals surface area contributed by atoms with Gasteiger partial charge in [0.15, 0.2) is 0 Å². The van der Waals surface area contributed by atoms with Crippen LogP contribution in [0.2, 0.25) is 0 Å². The molecule has 3 rings (SSSR count). The van der Waals surface area contributed by atoms with Crippen molar-refractivity contribution in [3.63, 3.8) is 0 Å². The van der Waals surface area contributed by atoms with Crippen LogP contribution >= 0.6 is 0 Å². The van der Waals surface area contributed by atoms with Crippen LogP contribution in [0.1, 0.15) is 41.5 Å². The SMILES string of the molecule is CCOC(=O)N1CCN(C(=O)c2ccccc2NC(=O)c2cccc(NC(=O)C(C)C)c2)CC1. The van der Waals surface area contributed by atoms with Crippen molar-refractivity contribution in [1.82, 2.24) is 9.80 Å². The normalized spacial score (nSPS) is 13.4. The molecule has 1 aliphatic rings. The predicted molar refractivity (Wildman–Crippen MR) is 129 cm³/mol. The van der Waals surface area contributed by atoms with Crippen molar-refractivity contribution in [3.05, 3.63) is 59.7 Å². The van der Waals surface area contributed by atoms with Crippen LogP contribution in [-0.2, 0) is 9.53 Å². The van der Waals surface area contributed by atoms with Crippen LogP contribution in [0.3, 0.4) is 0 Å². The number of amides is 4. The second-order valence-electron chi connectivity index (χ2n) is 8.20. The van der Waals surface area contributed by atoms with Gasteiger partial charge in [0, 0.05) is 43.3 Å². The highest BCUT2D eigenvalue weighted by Crippen LogP contribution is 2.20. The lowest BCUT2D eigenvalue weighted by molar-refractivity contribution is -0.118. The number of ether oxygens (including phenoxy) is 1. The van der Waals surface area contributed by atoms with E-state index in [1.165, 1.54) is 0 Å². The quantitative estimate of drug-likeness (QED) is 0.678. The molecule has 2 N–H and O–H groups in total. The summed E-state index contributed by atoms with van der Waals surface area (Å²) >= 11 is 0. The Bertz CT molecular complexity index is 1060. The number of hydrogen-bond donors (Lipinski definition) is 2. The van der Waals surface area contributed by atoms with Crippen LogP contribution in [0, 0.1) is 5.92 Å². The Kier molecular flexibility index (Phi) is 8.24. The lowest BCUT2D eigenvalue weighted by Crippen LogP contribution is -2.50. The molecule has 2 aromatic carbocycles. The molecule has 4 amide bonds. The lowest BCUT2D eigenvalue weighted by atomic mass is 10.1. The highest BCUT2D eigenvalue weighted by atomic mass is 16.6. The smallest absolute Gasteiger partial charge is 0.409 e. The van der Waals surface area contributed by atoms with Gasteiger partial charge in [-0.05, 0) is 37.3 Å². The van der Waals surface area contributed by atoms with E-state index in [0.717, 1.165) is 0 Å². The molecule has 1 fully saturated rings. The van der Waals surface area contributed by atoms with Crippen molar-refractivity contribution in [2.45, 2.75) is 20.8 Å². The van der Waals surface area contributed by atoms with Crippen molar-refractivity contribution in [2.24, 2.45) is 5.92 Å². The maximum absolute atomic E-state index is 13.2. The largest absolute Gasteiger partial charge is 0.450 e. The third-order valence-corrected chi connectivity index (χ3v) is 5.42. The average Bonchev–Trinajstić information content (AvgIpc) is 2.84. The van der Waals surface area contributed by atoms with Crippen molar-refractivity contribution in [1.29, 1.82) is 0 Å². The molecule has 9 heteroatoms. The molecule has 0 unspecified atom stereocenters. The molecule has 0 aliphatic carbocycles. The van der Waals surface area contributed by atoms with E-state index in [2.05, 4.69) is 10.6 Å². The summed E-state index contributed by atoms with van der Waals surface area (Å²) in [5.41, 5.74) is 1.63. The molecule has 9 nitrogen and oxygen atoms in total. The molecule has 180 valence electrons. The number of benzene rings is 2. The summed E-state index contributed by atoms with van der Waals surface area (Å²) in [5, 5.41) is 5.59. The summed E-state index contributed by atoms with van der Waals surface area (Å²) < 4.78 is 5.02. The Hall–Kier alpha value is -3.88. The molecular formula is C25H30N4O5. The van der Waals surface area contributed by atoms with Gasteiger partial charge >= 0.3 is 6.09 Å².